The second-order valence-corrected chi connectivity index (χ2v) is 9.37. The lowest BCUT2D eigenvalue weighted by atomic mass is 10.1. The van der Waals surface area contributed by atoms with E-state index in [1.165, 1.54) is 12.1 Å². The number of hydrogen-bond donors (Lipinski definition) is 1. The van der Waals surface area contributed by atoms with Crippen LogP contribution in [-0.4, -0.2) is 51.9 Å². The number of aromatic nitrogens is 3. The molecular formula is C25H28Cl2FN5O3. The number of carbonyl (C=O) groups excluding carboxylic acids is 1. The molecule has 36 heavy (non-hydrogen) atoms. The predicted octanol–water partition coefficient (Wildman–Crippen LogP) is 5.31. The number of rotatable bonds is 8. The van der Waals surface area contributed by atoms with Crippen LogP contribution in [-0.2, 0) is 9.53 Å². The molecule has 0 saturated carbocycles. The monoisotopic (exact) mass is 535 g/mol. The van der Waals surface area contributed by atoms with E-state index in [1.54, 1.807) is 25.4 Å². The molecule has 11 heteroatoms. The van der Waals surface area contributed by atoms with Gasteiger partial charge in [-0.2, -0.15) is 5.10 Å². The summed E-state index contributed by atoms with van der Waals surface area (Å²) in [6.07, 6.45) is 6.29. The van der Waals surface area contributed by atoms with E-state index in [4.69, 9.17) is 38.4 Å². The highest BCUT2D eigenvalue weighted by molar-refractivity contribution is 6.36. The van der Waals surface area contributed by atoms with Gasteiger partial charge in [0.05, 0.1) is 17.3 Å². The normalized spacial score (nSPS) is 15.2. The van der Waals surface area contributed by atoms with Crippen molar-refractivity contribution in [3.63, 3.8) is 0 Å². The fourth-order valence-corrected chi connectivity index (χ4v) is 4.90. The van der Waals surface area contributed by atoms with E-state index in [9.17, 15) is 9.18 Å². The molecule has 2 N–H and O–H groups in total. The Bertz CT molecular complexity index is 1230. The molecule has 3 aromatic rings. The lowest BCUT2D eigenvalue weighted by Gasteiger charge is -2.32. The number of hydrogen-bond acceptors (Lipinski definition) is 6. The Morgan fingerprint density at radius 3 is 2.72 bits per heavy atom. The summed E-state index contributed by atoms with van der Waals surface area (Å²) < 4.78 is 27.1. The molecule has 1 aliphatic rings. The second-order valence-electron chi connectivity index (χ2n) is 8.58. The highest BCUT2D eigenvalue weighted by atomic mass is 35.5. The number of amides is 1. The largest absolute Gasteiger partial charge is 0.482 e. The van der Waals surface area contributed by atoms with Crippen molar-refractivity contribution in [1.29, 1.82) is 0 Å². The van der Waals surface area contributed by atoms with Crippen molar-refractivity contribution in [2.75, 3.05) is 32.0 Å². The molecule has 1 saturated heterocycles. The van der Waals surface area contributed by atoms with Gasteiger partial charge in [0.25, 0.3) is 0 Å². The number of carbonyl (C=O) groups is 1. The summed E-state index contributed by atoms with van der Waals surface area (Å²) in [5.41, 5.74) is 7.99. The van der Waals surface area contributed by atoms with E-state index in [1.807, 2.05) is 22.7 Å². The Morgan fingerprint density at radius 2 is 2.00 bits per heavy atom. The van der Waals surface area contributed by atoms with Gasteiger partial charge in [-0.15, -0.1) is 0 Å². The van der Waals surface area contributed by atoms with Crippen molar-refractivity contribution in [3.8, 4) is 16.9 Å². The molecule has 0 aliphatic carbocycles. The van der Waals surface area contributed by atoms with Crippen LogP contribution in [0.15, 0.2) is 36.8 Å². The van der Waals surface area contributed by atoms with Crippen molar-refractivity contribution < 1.29 is 18.7 Å². The van der Waals surface area contributed by atoms with Gasteiger partial charge in [0.1, 0.15) is 18.5 Å². The van der Waals surface area contributed by atoms with Crippen molar-refractivity contribution in [2.45, 2.75) is 38.8 Å². The van der Waals surface area contributed by atoms with Crippen LogP contribution in [0.5, 0.6) is 5.75 Å². The minimum atomic E-state index is -0.668. The molecule has 1 aliphatic heterocycles. The lowest BCUT2D eigenvalue weighted by Crippen LogP contribution is -2.41. The number of nitrogens with zero attached hydrogens (tertiary/aromatic N) is 4. The number of likely N-dealkylation sites (tertiary alicyclic amines) is 1. The zero-order chi connectivity index (χ0) is 25.8. The summed E-state index contributed by atoms with van der Waals surface area (Å²) in [5.74, 6) is -0.0498. The van der Waals surface area contributed by atoms with Gasteiger partial charge in [-0.25, -0.2) is 9.37 Å². The van der Waals surface area contributed by atoms with Crippen LogP contribution < -0.4 is 10.5 Å². The van der Waals surface area contributed by atoms with Gasteiger partial charge in [0.15, 0.2) is 11.6 Å². The third kappa shape index (κ3) is 5.74. The molecule has 4 rings (SSSR count). The van der Waals surface area contributed by atoms with Gasteiger partial charge in [0.2, 0.25) is 5.91 Å². The maximum atomic E-state index is 14.0. The molecule has 3 heterocycles. The number of nitrogens with two attached hydrogens (primary N) is 1. The number of ether oxygens (including phenoxy) is 2. The standard InChI is InChI=1S/C25H28Cl2FN5O3/c1-3-35-14-22(34)32-8-6-18(7-9-32)33-13-17(12-31-33)16-10-21(25(29)30-11-16)36-15(2)23-19(26)4-5-20(28)24(23)27/h4-5,10-13,15,18H,3,6-9,14H2,1-2H3,(H2,29,30)/t15-/m1/s1. The number of halogens is 3. The summed E-state index contributed by atoms with van der Waals surface area (Å²) in [5, 5.41) is 4.74. The molecule has 1 aromatic carbocycles. The number of anilines is 1. The van der Waals surface area contributed by atoms with Crippen LogP contribution in [0.25, 0.3) is 11.1 Å². The molecule has 0 radical (unpaired) electrons. The maximum absolute atomic E-state index is 14.0. The van der Waals surface area contributed by atoms with Crippen molar-refractivity contribution in [3.05, 3.63) is 58.2 Å². The fraction of sp³-hybridized carbons (Fsp3) is 0.400. The van der Waals surface area contributed by atoms with E-state index in [0.29, 0.717) is 36.0 Å². The van der Waals surface area contributed by atoms with E-state index in [2.05, 4.69) is 10.1 Å². The van der Waals surface area contributed by atoms with Gasteiger partial charge >= 0.3 is 0 Å². The van der Waals surface area contributed by atoms with Crippen LogP contribution >= 0.6 is 23.2 Å². The third-order valence-electron chi connectivity index (χ3n) is 6.23. The van der Waals surface area contributed by atoms with Crippen LogP contribution in [0.3, 0.4) is 0 Å². The van der Waals surface area contributed by atoms with Crippen LogP contribution in [0.2, 0.25) is 10.0 Å². The minimum Gasteiger partial charge on any atom is -0.482 e. The van der Waals surface area contributed by atoms with Crippen LogP contribution in [0.4, 0.5) is 10.2 Å². The summed E-state index contributed by atoms with van der Waals surface area (Å²) in [7, 11) is 0. The van der Waals surface area contributed by atoms with Gasteiger partial charge in [-0.3, -0.25) is 9.48 Å². The zero-order valence-electron chi connectivity index (χ0n) is 20.1. The summed E-state index contributed by atoms with van der Waals surface area (Å²) >= 11 is 12.4. The van der Waals surface area contributed by atoms with Gasteiger partial charge in [-0.05, 0) is 44.9 Å². The van der Waals surface area contributed by atoms with Crippen molar-refractivity contribution in [1.82, 2.24) is 19.7 Å². The molecule has 8 nitrogen and oxygen atoms in total. The summed E-state index contributed by atoms with van der Waals surface area (Å²) in [4.78, 5) is 18.3. The van der Waals surface area contributed by atoms with Crippen molar-refractivity contribution in [2.24, 2.45) is 0 Å². The van der Waals surface area contributed by atoms with Gasteiger partial charge in [-0.1, -0.05) is 23.2 Å². The number of piperidine rings is 1. The quantitative estimate of drug-likeness (QED) is 0.392. The summed E-state index contributed by atoms with van der Waals surface area (Å²) in [6.45, 7) is 5.56. The third-order valence-corrected chi connectivity index (χ3v) is 6.94. The number of pyridine rings is 1. The van der Waals surface area contributed by atoms with Gasteiger partial charge in [0, 0.05) is 53.8 Å². The fourth-order valence-electron chi connectivity index (χ4n) is 4.22. The molecule has 1 amide bonds. The molecule has 1 atom stereocenters. The molecular weight excluding hydrogens is 508 g/mol. The SMILES string of the molecule is CCOCC(=O)N1CCC(n2cc(-c3cnc(N)c(O[C@H](C)c4c(Cl)ccc(F)c4Cl)c3)cn2)CC1. The van der Waals surface area contributed by atoms with Crippen LogP contribution in [0.1, 0.15) is 44.4 Å². The predicted molar refractivity (Wildman–Crippen MR) is 137 cm³/mol. The average Bonchev–Trinajstić information content (AvgIpc) is 3.37. The molecule has 0 spiro atoms. The first-order valence-electron chi connectivity index (χ1n) is 11.7. The van der Waals surface area contributed by atoms with Crippen molar-refractivity contribution >= 4 is 34.9 Å². The molecule has 192 valence electrons. The van der Waals surface area contributed by atoms with Crippen LogP contribution in [0, 0.1) is 5.82 Å². The highest BCUT2D eigenvalue weighted by Crippen LogP contribution is 2.37. The Kier molecular flexibility index (Phi) is 8.33. The number of benzene rings is 1. The molecule has 0 unspecified atom stereocenters. The first-order chi connectivity index (χ1) is 17.3. The van der Waals surface area contributed by atoms with E-state index >= 15 is 0 Å². The van der Waals surface area contributed by atoms with E-state index < -0.39 is 11.9 Å². The number of nitrogen functional groups attached to an aromatic ring is 1. The summed E-state index contributed by atoms with van der Waals surface area (Å²) in [6, 6.07) is 4.59. The average molecular weight is 536 g/mol. The zero-order valence-corrected chi connectivity index (χ0v) is 21.6. The lowest BCUT2D eigenvalue weighted by molar-refractivity contribution is -0.137. The Balaban J connectivity index is 1.46. The Morgan fingerprint density at radius 1 is 1.25 bits per heavy atom. The minimum absolute atomic E-state index is 0.0203. The molecule has 0 bridgehead atoms. The maximum Gasteiger partial charge on any atom is 0.248 e. The molecule has 1 fully saturated rings. The first kappa shape index (κ1) is 26.2. The molecule has 2 aromatic heterocycles. The Labute approximate surface area is 219 Å². The second kappa shape index (κ2) is 11.5. The smallest absolute Gasteiger partial charge is 0.248 e. The van der Waals surface area contributed by atoms with E-state index in [0.717, 1.165) is 24.0 Å². The first-order valence-corrected chi connectivity index (χ1v) is 12.5. The van der Waals surface area contributed by atoms with Gasteiger partial charge < -0.3 is 20.1 Å². The highest BCUT2D eigenvalue weighted by Gasteiger charge is 2.25. The Hall–Kier alpha value is -2.88. The van der Waals surface area contributed by atoms with E-state index in [-0.39, 0.29) is 29.4 Å². The topological polar surface area (TPSA) is 95.5 Å².